The molecule has 2 N–H and O–H groups in total. The van der Waals surface area contributed by atoms with Gasteiger partial charge in [0.25, 0.3) is 0 Å². The summed E-state index contributed by atoms with van der Waals surface area (Å²) < 4.78 is 23.2. The van der Waals surface area contributed by atoms with Gasteiger partial charge in [0.2, 0.25) is 5.91 Å². The van der Waals surface area contributed by atoms with E-state index in [0.29, 0.717) is 0 Å². The minimum absolute atomic E-state index is 0.00678. The third kappa shape index (κ3) is 5.63. The number of nitrogens with one attached hydrogen (secondary N) is 2. The lowest BCUT2D eigenvalue weighted by atomic mass is 9.79. The van der Waals surface area contributed by atoms with Crippen LogP contribution in [0, 0.1) is 0 Å². The van der Waals surface area contributed by atoms with Gasteiger partial charge in [0, 0.05) is 17.1 Å². The molecular formula is C14H26N2O3S. The van der Waals surface area contributed by atoms with Gasteiger partial charge in [0.1, 0.15) is 5.75 Å². The number of hydrogen-bond acceptors (Lipinski definition) is 4. The fraction of sp³-hybridized carbons (Fsp3) is 0.786. The Morgan fingerprint density at radius 1 is 1.30 bits per heavy atom. The average molecular weight is 302 g/mol. The Hall–Kier alpha value is -0.880. The summed E-state index contributed by atoms with van der Waals surface area (Å²) in [7, 11) is -3.38. The molecule has 0 atom stereocenters. The molecule has 1 saturated heterocycles. The predicted octanol–water partition coefficient (Wildman–Crippen LogP) is 1.01. The van der Waals surface area contributed by atoms with Crippen LogP contribution in [-0.2, 0) is 14.6 Å². The van der Waals surface area contributed by atoms with Crippen LogP contribution in [0.25, 0.3) is 0 Å². The SMILES string of the molecule is C=CCS(=O)(=O)CC(=O)NC1CC(C)(C)NC(C)(C)C1. The molecule has 6 heteroatoms. The molecular weight excluding hydrogens is 276 g/mol. The van der Waals surface area contributed by atoms with Gasteiger partial charge in [-0.3, -0.25) is 4.79 Å². The Kier molecular flexibility index (Phi) is 5.03. The van der Waals surface area contributed by atoms with Gasteiger partial charge in [-0.1, -0.05) is 6.08 Å². The van der Waals surface area contributed by atoms with Crippen molar-refractivity contribution in [3.8, 4) is 0 Å². The molecule has 0 aromatic rings. The quantitative estimate of drug-likeness (QED) is 0.743. The molecule has 0 aromatic carbocycles. The van der Waals surface area contributed by atoms with E-state index in [-0.39, 0.29) is 22.9 Å². The third-order valence-electron chi connectivity index (χ3n) is 3.28. The first kappa shape index (κ1) is 17.2. The van der Waals surface area contributed by atoms with Crippen molar-refractivity contribution >= 4 is 15.7 Å². The molecule has 1 amide bonds. The standard InChI is InChI=1S/C14H26N2O3S/c1-6-7-20(18,19)10-12(17)15-11-8-13(2,3)16-14(4,5)9-11/h6,11,16H,1,7-10H2,2-5H3,(H,15,17). The molecule has 5 nitrogen and oxygen atoms in total. The second kappa shape index (κ2) is 5.85. The van der Waals surface area contributed by atoms with Crippen LogP contribution >= 0.6 is 0 Å². The van der Waals surface area contributed by atoms with Gasteiger partial charge >= 0.3 is 0 Å². The number of carbonyl (C=O) groups is 1. The Balaban J connectivity index is 2.64. The van der Waals surface area contributed by atoms with Crippen LogP contribution in [0.1, 0.15) is 40.5 Å². The van der Waals surface area contributed by atoms with Crippen molar-refractivity contribution in [1.29, 1.82) is 0 Å². The van der Waals surface area contributed by atoms with E-state index in [1.807, 2.05) is 0 Å². The first-order valence-electron chi connectivity index (χ1n) is 6.85. The second-order valence-corrected chi connectivity index (χ2v) is 9.02. The maximum atomic E-state index is 11.9. The van der Waals surface area contributed by atoms with Crippen LogP contribution in [0.5, 0.6) is 0 Å². The summed E-state index contributed by atoms with van der Waals surface area (Å²) in [6.45, 7) is 11.7. The van der Waals surface area contributed by atoms with Crippen LogP contribution in [-0.4, -0.2) is 43.0 Å². The molecule has 0 radical (unpaired) electrons. The zero-order chi connectivity index (χ0) is 15.6. The van der Waals surface area contributed by atoms with Crippen molar-refractivity contribution in [3.63, 3.8) is 0 Å². The van der Waals surface area contributed by atoms with E-state index < -0.39 is 21.5 Å². The van der Waals surface area contributed by atoms with Gasteiger partial charge in [-0.05, 0) is 40.5 Å². The highest BCUT2D eigenvalue weighted by molar-refractivity contribution is 7.92. The number of rotatable bonds is 5. The number of piperidine rings is 1. The second-order valence-electron chi connectivity index (χ2n) is 6.91. The first-order chi connectivity index (χ1) is 8.95. The molecule has 0 unspecified atom stereocenters. The van der Waals surface area contributed by atoms with Crippen LogP contribution < -0.4 is 10.6 Å². The van der Waals surface area contributed by atoms with Gasteiger partial charge in [-0.25, -0.2) is 8.42 Å². The molecule has 1 rings (SSSR count). The van der Waals surface area contributed by atoms with E-state index in [0.717, 1.165) is 12.8 Å². The van der Waals surface area contributed by atoms with Gasteiger partial charge in [-0.15, -0.1) is 6.58 Å². The van der Waals surface area contributed by atoms with Crippen molar-refractivity contribution in [2.75, 3.05) is 11.5 Å². The molecule has 20 heavy (non-hydrogen) atoms. The summed E-state index contributed by atoms with van der Waals surface area (Å²) in [6.07, 6.45) is 2.87. The largest absolute Gasteiger partial charge is 0.352 e. The molecule has 0 aliphatic carbocycles. The summed E-state index contributed by atoms with van der Waals surface area (Å²) in [5, 5.41) is 6.37. The van der Waals surface area contributed by atoms with Crippen molar-refractivity contribution in [1.82, 2.24) is 10.6 Å². The van der Waals surface area contributed by atoms with Gasteiger partial charge < -0.3 is 10.6 Å². The topological polar surface area (TPSA) is 75.3 Å². The van der Waals surface area contributed by atoms with E-state index in [2.05, 4.69) is 44.9 Å². The van der Waals surface area contributed by atoms with Crippen molar-refractivity contribution in [3.05, 3.63) is 12.7 Å². The van der Waals surface area contributed by atoms with Crippen LogP contribution in [0.4, 0.5) is 0 Å². The summed E-state index contributed by atoms with van der Waals surface area (Å²) in [5.41, 5.74) is -0.167. The molecule has 0 bridgehead atoms. The predicted molar refractivity (Wildman–Crippen MR) is 81.3 cm³/mol. The minimum Gasteiger partial charge on any atom is -0.352 e. The molecule has 116 valence electrons. The summed E-state index contributed by atoms with van der Waals surface area (Å²) >= 11 is 0. The average Bonchev–Trinajstić information content (AvgIpc) is 2.08. The lowest BCUT2D eigenvalue weighted by Crippen LogP contribution is -2.62. The monoisotopic (exact) mass is 302 g/mol. The van der Waals surface area contributed by atoms with Crippen molar-refractivity contribution < 1.29 is 13.2 Å². The first-order valence-corrected chi connectivity index (χ1v) is 8.67. The van der Waals surface area contributed by atoms with E-state index in [9.17, 15) is 13.2 Å². The van der Waals surface area contributed by atoms with Crippen LogP contribution in [0.3, 0.4) is 0 Å². The summed E-state index contributed by atoms with van der Waals surface area (Å²) in [6, 6.07) is -0.00678. The zero-order valence-electron chi connectivity index (χ0n) is 12.8. The summed E-state index contributed by atoms with van der Waals surface area (Å²) in [4.78, 5) is 11.9. The van der Waals surface area contributed by atoms with E-state index in [1.54, 1.807) is 0 Å². The Bertz CT molecular complexity index is 465. The Morgan fingerprint density at radius 2 is 1.80 bits per heavy atom. The fourth-order valence-electron chi connectivity index (χ4n) is 3.13. The maximum absolute atomic E-state index is 11.9. The smallest absolute Gasteiger partial charge is 0.235 e. The number of amides is 1. The van der Waals surface area contributed by atoms with Gasteiger partial charge in [-0.2, -0.15) is 0 Å². The highest BCUT2D eigenvalue weighted by Gasteiger charge is 2.38. The molecule has 1 fully saturated rings. The molecule has 1 aliphatic heterocycles. The number of sulfone groups is 1. The Labute approximate surface area is 122 Å². The Morgan fingerprint density at radius 3 is 2.25 bits per heavy atom. The number of hydrogen-bond donors (Lipinski definition) is 2. The lowest BCUT2D eigenvalue weighted by Gasteiger charge is -2.46. The van der Waals surface area contributed by atoms with E-state index in [4.69, 9.17) is 0 Å². The van der Waals surface area contributed by atoms with Crippen LogP contribution in [0.15, 0.2) is 12.7 Å². The molecule has 1 aliphatic rings. The highest BCUT2D eigenvalue weighted by atomic mass is 32.2. The highest BCUT2D eigenvalue weighted by Crippen LogP contribution is 2.28. The molecule has 0 aromatic heterocycles. The maximum Gasteiger partial charge on any atom is 0.235 e. The zero-order valence-corrected chi connectivity index (χ0v) is 13.6. The number of carbonyl (C=O) groups excluding carboxylic acids is 1. The third-order valence-corrected chi connectivity index (χ3v) is 4.72. The van der Waals surface area contributed by atoms with Crippen molar-refractivity contribution in [2.24, 2.45) is 0 Å². The van der Waals surface area contributed by atoms with Gasteiger partial charge in [0.05, 0.1) is 5.75 Å². The molecule has 1 heterocycles. The molecule has 0 spiro atoms. The lowest BCUT2D eigenvalue weighted by molar-refractivity contribution is -0.119. The normalized spacial score (nSPS) is 22.2. The van der Waals surface area contributed by atoms with E-state index in [1.165, 1.54) is 6.08 Å². The minimum atomic E-state index is -3.38. The van der Waals surface area contributed by atoms with Crippen LogP contribution in [0.2, 0.25) is 0 Å². The van der Waals surface area contributed by atoms with Gasteiger partial charge in [0.15, 0.2) is 9.84 Å². The van der Waals surface area contributed by atoms with E-state index >= 15 is 0 Å². The molecule has 0 saturated carbocycles. The van der Waals surface area contributed by atoms with Crippen molar-refractivity contribution in [2.45, 2.75) is 57.7 Å². The fourth-order valence-corrected chi connectivity index (χ4v) is 4.09. The summed E-state index contributed by atoms with van der Waals surface area (Å²) in [5.74, 6) is -1.06.